The second-order valence-corrected chi connectivity index (χ2v) is 5.12. The predicted octanol–water partition coefficient (Wildman–Crippen LogP) is 2.39. The molecule has 2 N–H and O–H groups in total. The molecule has 1 aliphatic heterocycles. The van der Waals surface area contributed by atoms with Gasteiger partial charge in [-0.3, -0.25) is 4.79 Å². The van der Waals surface area contributed by atoms with E-state index in [2.05, 4.69) is 16.4 Å². The zero-order chi connectivity index (χ0) is 13.2. The summed E-state index contributed by atoms with van der Waals surface area (Å²) in [6.07, 6.45) is 2.30. The molecule has 4 heteroatoms. The van der Waals surface area contributed by atoms with Gasteiger partial charge in [0.2, 0.25) is 0 Å². The lowest BCUT2D eigenvalue weighted by atomic mass is 10.2. The third kappa shape index (κ3) is 2.63. The summed E-state index contributed by atoms with van der Waals surface area (Å²) in [4.78, 5) is 15.2. The summed E-state index contributed by atoms with van der Waals surface area (Å²) in [6.45, 7) is 3.45. The van der Waals surface area contributed by atoms with Gasteiger partial charge >= 0.3 is 0 Å². The largest absolute Gasteiger partial charge is 0.376 e. The Labute approximate surface area is 112 Å². The highest BCUT2D eigenvalue weighted by molar-refractivity contribution is 5.98. The van der Waals surface area contributed by atoms with Gasteiger partial charge in [0.15, 0.2) is 0 Å². The van der Waals surface area contributed by atoms with E-state index in [0.717, 1.165) is 30.4 Å². The number of hydrogen-bond donors (Lipinski definition) is 2. The maximum absolute atomic E-state index is 12.1. The van der Waals surface area contributed by atoms with Crippen LogP contribution in [-0.4, -0.2) is 30.1 Å². The zero-order valence-electron chi connectivity index (χ0n) is 11.0. The monoisotopic (exact) mass is 258 g/mol. The van der Waals surface area contributed by atoms with Crippen LogP contribution in [0.5, 0.6) is 0 Å². The Hall–Kier alpha value is -1.81. The van der Waals surface area contributed by atoms with E-state index in [4.69, 9.17) is 4.74 Å². The second-order valence-electron chi connectivity index (χ2n) is 5.12. The zero-order valence-corrected chi connectivity index (χ0v) is 11.0. The number of carbonyl (C=O) groups excluding carboxylic acids is 1. The molecule has 1 fully saturated rings. The first kappa shape index (κ1) is 12.2. The van der Waals surface area contributed by atoms with Crippen molar-refractivity contribution in [2.24, 2.45) is 0 Å². The Balaban J connectivity index is 1.70. The summed E-state index contributed by atoms with van der Waals surface area (Å²) in [6, 6.07) is 8.00. The van der Waals surface area contributed by atoms with Gasteiger partial charge in [-0.15, -0.1) is 0 Å². The van der Waals surface area contributed by atoms with Crippen LogP contribution in [-0.2, 0) is 4.74 Å². The molecule has 0 bridgehead atoms. The standard InChI is InChI=1S/C15H18N2O2/c1-10-4-5-13-11(7-10)8-14(17-13)15(18)16-9-12-3-2-6-19-12/h4-5,7-8,12,17H,2-3,6,9H2,1H3,(H,16,18)/t12-/m1/s1. The average molecular weight is 258 g/mol. The van der Waals surface area contributed by atoms with Crippen molar-refractivity contribution in [1.29, 1.82) is 0 Å². The second kappa shape index (κ2) is 5.05. The van der Waals surface area contributed by atoms with Gasteiger partial charge in [-0.25, -0.2) is 0 Å². The van der Waals surface area contributed by atoms with E-state index in [-0.39, 0.29) is 12.0 Å². The van der Waals surface area contributed by atoms with Gasteiger partial charge in [-0.05, 0) is 38.0 Å². The highest BCUT2D eigenvalue weighted by Crippen LogP contribution is 2.17. The van der Waals surface area contributed by atoms with Crippen LogP contribution >= 0.6 is 0 Å². The molecule has 0 aliphatic carbocycles. The van der Waals surface area contributed by atoms with Gasteiger partial charge in [-0.1, -0.05) is 11.6 Å². The fourth-order valence-corrected chi connectivity index (χ4v) is 2.48. The van der Waals surface area contributed by atoms with Gasteiger partial charge in [0.05, 0.1) is 6.10 Å². The van der Waals surface area contributed by atoms with Crippen molar-refractivity contribution in [2.75, 3.05) is 13.2 Å². The van der Waals surface area contributed by atoms with Crippen LogP contribution in [0.4, 0.5) is 0 Å². The van der Waals surface area contributed by atoms with Gasteiger partial charge in [0.25, 0.3) is 5.91 Å². The van der Waals surface area contributed by atoms with Crippen molar-refractivity contribution < 1.29 is 9.53 Å². The Morgan fingerprint density at radius 2 is 2.37 bits per heavy atom. The average Bonchev–Trinajstić information content (AvgIpc) is 3.04. The maximum Gasteiger partial charge on any atom is 0.267 e. The summed E-state index contributed by atoms with van der Waals surface area (Å²) in [5.41, 5.74) is 2.80. The third-order valence-electron chi connectivity index (χ3n) is 3.54. The van der Waals surface area contributed by atoms with E-state index < -0.39 is 0 Å². The molecule has 0 saturated carbocycles. The smallest absolute Gasteiger partial charge is 0.267 e. The number of H-pyrrole nitrogens is 1. The molecule has 0 spiro atoms. The Kier molecular flexibility index (Phi) is 3.25. The summed E-state index contributed by atoms with van der Waals surface area (Å²) in [5.74, 6) is -0.0654. The number of amides is 1. The van der Waals surface area contributed by atoms with E-state index in [1.807, 2.05) is 25.1 Å². The molecule has 4 nitrogen and oxygen atoms in total. The van der Waals surface area contributed by atoms with Crippen LogP contribution in [0.15, 0.2) is 24.3 Å². The number of nitrogens with one attached hydrogen (secondary N) is 2. The van der Waals surface area contributed by atoms with Gasteiger partial charge in [0.1, 0.15) is 5.69 Å². The SMILES string of the molecule is Cc1ccc2[nH]c(C(=O)NC[C@H]3CCCO3)cc2c1. The molecule has 1 amide bonds. The molecule has 19 heavy (non-hydrogen) atoms. The molecular formula is C15H18N2O2. The van der Waals surface area contributed by atoms with Crippen LogP contribution in [0.1, 0.15) is 28.9 Å². The van der Waals surface area contributed by atoms with Gasteiger partial charge < -0.3 is 15.0 Å². The molecular weight excluding hydrogens is 240 g/mol. The summed E-state index contributed by atoms with van der Waals surface area (Å²) < 4.78 is 5.49. The number of ether oxygens (including phenoxy) is 1. The summed E-state index contributed by atoms with van der Waals surface area (Å²) in [5, 5.41) is 3.99. The number of aromatic nitrogens is 1. The molecule has 100 valence electrons. The molecule has 0 radical (unpaired) electrons. The molecule has 1 aromatic heterocycles. The quantitative estimate of drug-likeness (QED) is 0.888. The van der Waals surface area contributed by atoms with Gasteiger partial charge in [0, 0.05) is 24.1 Å². The number of fused-ring (bicyclic) bond motifs is 1. The van der Waals surface area contributed by atoms with Gasteiger partial charge in [-0.2, -0.15) is 0 Å². The predicted molar refractivity (Wildman–Crippen MR) is 74.3 cm³/mol. The van der Waals surface area contributed by atoms with Crippen molar-refractivity contribution in [3.05, 3.63) is 35.5 Å². The molecule has 3 rings (SSSR count). The molecule has 1 saturated heterocycles. The van der Waals surface area contributed by atoms with E-state index in [9.17, 15) is 4.79 Å². The minimum atomic E-state index is -0.0654. The number of aryl methyl sites for hydroxylation is 1. The molecule has 1 aromatic carbocycles. The van der Waals surface area contributed by atoms with E-state index in [1.165, 1.54) is 5.56 Å². The van der Waals surface area contributed by atoms with E-state index in [1.54, 1.807) is 0 Å². The normalized spacial score (nSPS) is 18.9. The number of benzene rings is 1. The highest BCUT2D eigenvalue weighted by atomic mass is 16.5. The fourth-order valence-electron chi connectivity index (χ4n) is 2.48. The minimum absolute atomic E-state index is 0.0654. The first-order valence-electron chi connectivity index (χ1n) is 6.71. The highest BCUT2D eigenvalue weighted by Gasteiger charge is 2.17. The number of carbonyl (C=O) groups is 1. The molecule has 2 heterocycles. The van der Waals surface area contributed by atoms with E-state index in [0.29, 0.717) is 12.2 Å². The van der Waals surface area contributed by atoms with Crippen molar-refractivity contribution >= 4 is 16.8 Å². The van der Waals surface area contributed by atoms with Crippen molar-refractivity contribution in [2.45, 2.75) is 25.9 Å². The maximum atomic E-state index is 12.1. The number of hydrogen-bond acceptors (Lipinski definition) is 2. The van der Waals surface area contributed by atoms with E-state index >= 15 is 0 Å². The first-order chi connectivity index (χ1) is 9.22. The Morgan fingerprint density at radius 1 is 1.47 bits per heavy atom. The third-order valence-corrected chi connectivity index (χ3v) is 3.54. The first-order valence-corrected chi connectivity index (χ1v) is 6.71. The number of rotatable bonds is 3. The van der Waals surface area contributed by atoms with Crippen molar-refractivity contribution in [3.63, 3.8) is 0 Å². The van der Waals surface area contributed by atoms with Crippen LogP contribution < -0.4 is 5.32 Å². The summed E-state index contributed by atoms with van der Waals surface area (Å²) in [7, 11) is 0. The van der Waals surface area contributed by atoms with Crippen LogP contribution in [0.2, 0.25) is 0 Å². The van der Waals surface area contributed by atoms with Crippen LogP contribution in [0.25, 0.3) is 10.9 Å². The lowest BCUT2D eigenvalue weighted by Crippen LogP contribution is -2.31. The Morgan fingerprint density at radius 3 is 3.16 bits per heavy atom. The Bertz CT molecular complexity index is 597. The molecule has 0 unspecified atom stereocenters. The minimum Gasteiger partial charge on any atom is -0.376 e. The van der Waals surface area contributed by atoms with Crippen LogP contribution in [0, 0.1) is 6.92 Å². The fraction of sp³-hybridized carbons (Fsp3) is 0.400. The number of aromatic amines is 1. The van der Waals surface area contributed by atoms with Crippen molar-refractivity contribution in [1.82, 2.24) is 10.3 Å². The van der Waals surface area contributed by atoms with Crippen LogP contribution in [0.3, 0.4) is 0 Å². The summed E-state index contributed by atoms with van der Waals surface area (Å²) >= 11 is 0. The molecule has 2 aromatic rings. The van der Waals surface area contributed by atoms with Crippen molar-refractivity contribution in [3.8, 4) is 0 Å². The molecule has 1 aliphatic rings. The topological polar surface area (TPSA) is 54.1 Å². The lowest BCUT2D eigenvalue weighted by molar-refractivity contribution is 0.0854. The molecule has 1 atom stereocenters. The lowest BCUT2D eigenvalue weighted by Gasteiger charge is -2.09.